The molecule has 0 bridgehead atoms. The summed E-state index contributed by atoms with van der Waals surface area (Å²) in [6.07, 6.45) is -2.51. The fraction of sp³-hybridized carbons (Fsp3) is 0.333. The van der Waals surface area contributed by atoms with Crippen LogP contribution in [0.25, 0.3) is 5.69 Å². The molecule has 0 aliphatic carbocycles. The molecule has 1 aromatic carbocycles. The van der Waals surface area contributed by atoms with Crippen molar-refractivity contribution in [3.63, 3.8) is 0 Å². The Morgan fingerprint density at radius 1 is 1.19 bits per heavy atom. The molecule has 0 radical (unpaired) electrons. The van der Waals surface area contributed by atoms with Gasteiger partial charge < -0.3 is 10.2 Å². The van der Waals surface area contributed by atoms with Crippen molar-refractivity contribution in [2.75, 3.05) is 27.2 Å². The summed E-state index contributed by atoms with van der Waals surface area (Å²) in [4.78, 5) is 26.2. The van der Waals surface area contributed by atoms with Crippen LogP contribution in [0.4, 0.5) is 13.2 Å². The third-order valence-electron chi connectivity index (χ3n) is 3.69. The molecule has 2 rings (SSSR count). The van der Waals surface area contributed by atoms with Crippen LogP contribution in [-0.2, 0) is 6.18 Å². The van der Waals surface area contributed by atoms with Gasteiger partial charge in [0.05, 0.1) is 11.1 Å². The summed E-state index contributed by atoms with van der Waals surface area (Å²) in [7, 11) is 3.85. The van der Waals surface area contributed by atoms with Crippen LogP contribution in [0.3, 0.4) is 0 Å². The lowest BCUT2D eigenvalue weighted by Gasteiger charge is -2.12. The van der Waals surface area contributed by atoms with Crippen LogP contribution in [0.1, 0.15) is 22.3 Å². The summed E-state index contributed by atoms with van der Waals surface area (Å²) in [5, 5.41) is 2.73. The summed E-state index contributed by atoms with van der Waals surface area (Å²) >= 11 is 0. The minimum atomic E-state index is -4.51. The first-order valence-corrected chi connectivity index (χ1v) is 8.02. The molecule has 0 spiro atoms. The second kappa shape index (κ2) is 8.18. The maximum absolute atomic E-state index is 12.9. The summed E-state index contributed by atoms with van der Waals surface area (Å²) in [6, 6.07) is 6.92. The van der Waals surface area contributed by atoms with Crippen LogP contribution in [0.15, 0.2) is 47.4 Å². The fourth-order valence-corrected chi connectivity index (χ4v) is 2.35. The van der Waals surface area contributed by atoms with Gasteiger partial charge in [0.15, 0.2) is 0 Å². The van der Waals surface area contributed by atoms with Gasteiger partial charge in [-0.2, -0.15) is 13.2 Å². The zero-order valence-electron chi connectivity index (χ0n) is 14.5. The van der Waals surface area contributed by atoms with E-state index in [1.165, 1.54) is 24.4 Å². The lowest BCUT2D eigenvalue weighted by atomic mass is 10.2. The van der Waals surface area contributed by atoms with E-state index in [1.807, 2.05) is 19.0 Å². The molecule has 0 aliphatic heterocycles. The van der Waals surface area contributed by atoms with Gasteiger partial charge in [-0.1, -0.05) is 6.07 Å². The number of hydrogen-bond acceptors (Lipinski definition) is 3. The molecule has 1 amide bonds. The first-order chi connectivity index (χ1) is 12.2. The summed E-state index contributed by atoms with van der Waals surface area (Å²) in [5.41, 5.74) is -1.13. The topological polar surface area (TPSA) is 54.3 Å². The summed E-state index contributed by atoms with van der Waals surface area (Å²) < 4.78 is 39.6. The molecule has 26 heavy (non-hydrogen) atoms. The van der Waals surface area contributed by atoms with Gasteiger partial charge in [0, 0.05) is 24.5 Å². The van der Waals surface area contributed by atoms with E-state index in [0.717, 1.165) is 35.7 Å². The highest BCUT2D eigenvalue weighted by atomic mass is 19.4. The van der Waals surface area contributed by atoms with E-state index < -0.39 is 17.3 Å². The van der Waals surface area contributed by atoms with E-state index in [-0.39, 0.29) is 17.2 Å². The average Bonchev–Trinajstić information content (AvgIpc) is 2.58. The maximum atomic E-state index is 12.9. The molecular weight excluding hydrogens is 347 g/mol. The first-order valence-electron chi connectivity index (χ1n) is 8.02. The largest absolute Gasteiger partial charge is 0.416 e. The lowest BCUT2D eigenvalue weighted by molar-refractivity contribution is -0.137. The Hall–Kier alpha value is -2.61. The van der Waals surface area contributed by atoms with Crippen LogP contribution in [0.5, 0.6) is 0 Å². The van der Waals surface area contributed by atoms with Crippen molar-refractivity contribution in [3.8, 4) is 5.69 Å². The van der Waals surface area contributed by atoms with E-state index in [2.05, 4.69) is 5.32 Å². The number of nitrogens with one attached hydrogen (secondary N) is 1. The Balaban J connectivity index is 2.22. The van der Waals surface area contributed by atoms with E-state index in [4.69, 9.17) is 0 Å². The van der Waals surface area contributed by atoms with E-state index in [0.29, 0.717) is 6.54 Å². The van der Waals surface area contributed by atoms with Crippen molar-refractivity contribution in [1.82, 2.24) is 14.8 Å². The standard InChI is InChI=1S/C18H20F3N3O2/c1-23(2)10-4-9-22-17(26)13-7-8-16(25)24(12-13)15-6-3-5-14(11-15)18(19,20)21/h3,5-8,11-12H,4,9-10H2,1-2H3,(H,22,26). The van der Waals surface area contributed by atoms with E-state index in [9.17, 15) is 22.8 Å². The van der Waals surface area contributed by atoms with Gasteiger partial charge in [-0.05, 0) is 51.3 Å². The Kier molecular flexibility index (Phi) is 6.20. The molecule has 140 valence electrons. The number of halogens is 3. The normalized spacial score (nSPS) is 11.6. The highest BCUT2D eigenvalue weighted by Crippen LogP contribution is 2.30. The number of alkyl halides is 3. The first kappa shape index (κ1) is 19.7. The molecule has 1 N–H and O–H groups in total. The maximum Gasteiger partial charge on any atom is 0.416 e. The second-order valence-electron chi connectivity index (χ2n) is 6.09. The number of hydrogen-bond donors (Lipinski definition) is 1. The third-order valence-corrected chi connectivity index (χ3v) is 3.69. The smallest absolute Gasteiger partial charge is 0.352 e. The zero-order chi connectivity index (χ0) is 19.3. The number of amides is 1. The summed E-state index contributed by atoms with van der Waals surface area (Å²) in [5.74, 6) is -0.385. The molecule has 0 saturated heterocycles. The minimum Gasteiger partial charge on any atom is -0.352 e. The van der Waals surface area contributed by atoms with Crippen molar-refractivity contribution in [3.05, 3.63) is 64.1 Å². The molecule has 1 heterocycles. The Morgan fingerprint density at radius 2 is 1.92 bits per heavy atom. The highest BCUT2D eigenvalue weighted by molar-refractivity contribution is 5.93. The SMILES string of the molecule is CN(C)CCCNC(=O)c1ccc(=O)n(-c2cccc(C(F)(F)F)c2)c1. The average molecular weight is 367 g/mol. The molecular formula is C18H20F3N3O2. The molecule has 0 saturated carbocycles. The molecule has 2 aromatic rings. The fourth-order valence-electron chi connectivity index (χ4n) is 2.35. The molecule has 8 heteroatoms. The van der Waals surface area contributed by atoms with Crippen molar-refractivity contribution >= 4 is 5.91 Å². The summed E-state index contributed by atoms with van der Waals surface area (Å²) in [6.45, 7) is 1.27. The molecule has 0 atom stereocenters. The lowest BCUT2D eigenvalue weighted by Crippen LogP contribution is -2.28. The van der Waals surface area contributed by atoms with Crippen molar-refractivity contribution in [2.45, 2.75) is 12.6 Å². The molecule has 1 aromatic heterocycles. The predicted molar refractivity (Wildman–Crippen MR) is 92.5 cm³/mol. The second-order valence-corrected chi connectivity index (χ2v) is 6.09. The Bertz CT molecular complexity index is 829. The quantitative estimate of drug-likeness (QED) is 0.799. The number of benzene rings is 1. The number of rotatable bonds is 6. The number of carbonyl (C=O) groups excluding carboxylic acids is 1. The van der Waals surface area contributed by atoms with Crippen LogP contribution in [0, 0.1) is 0 Å². The predicted octanol–water partition coefficient (Wildman–Crippen LogP) is 2.54. The van der Waals surface area contributed by atoms with Gasteiger partial charge in [-0.15, -0.1) is 0 Å². The van der Waals surface area contributed by atoms with Crippen LogP contribution < -0.4 is 10.9 Å². The van der Waals surface area contributed by atoms with Crippen molar-refractivity contribution in [1.29, 1.82) is 0 Å². The van der Waals surface area contributed by atoms with E-state index in [1.54, 1.807) is 0 Å². The van der Waals surface area contributed by atoms with Crippen LogP contribution in [-0.4, -0.2) is 42.6 Å². The minimum absolute atomic E-state index is 0.0482. The Labute approximate surface area is 149 Å². The van der Waals surface area contributed by atoms with Crippen LogP contribution in [0.2, 0.25) is 0 Å². The monoisotopic (exact) mass is 367 g/mol. The van der Waals surface area contributed by atoms with Gasteiger partial charge >= 0.3 is 6.18 Å². The molecule has 0 unspecified atom stereocenters. The van der Waals surface area contributed by atoms with Crippen LogP contribution >= 0.6 is 0 Å². The van der Waals surface area contributed by atoms with Gasteiger partial charge in [-0.3, -0.25) is 14.2 Å². The van der Waals surface area contributed by atoms with E-state index >= 15 is 0 Å². The van der Waals surface area contributed by atoms with Gasteiger partial charge in [0.25, 0.3) is 11.5 Å². The number of aromatic nitrogens is 1. The molecule has 0 fully saturated rings. The van der Waals surface area contributed by atoms with Gasteiger partial charge in [-0.25, -0.2) is 0 Å². The third kappa shape index (κ3) is 5.19. The van der Waals surface area contributed by atoms with Crippen molar-refractivity contribution in [2.24, 2.45) is 0 Å². The highest BCUT2D eigenvalue weighted by Gasteiger charge is 2.30. The number of carbonyl (C=O) groups is 1. The zero-order valence-corrected chi connectivity index (χ0v) is 14.5. The Morgan fingerprint density at radius 3 is 2.58 bits per heavy atom. The number of nitrogens with zero attached hydrogens (tertiary/aromatic N) is 2. The number of pyridine rings is 1. The molecule has 0 aliphatic rings. The molecule has 5 nitrogen and oxygen atoms in total. The van der Waals surface area contributed by atoms with Gasteiger partial charge in [0.2, 0.25) is 0 Å². The van der Waals surface area contributed by atoms with Crippen molar-refractivity contribution < 1.29 is 18.0 Å². The van der Waals surface area contributed by atoms with Gasteiger partial charge in [0.1, 0.15) is 0 Å².